The van der Waals surface area contributed by atoms with Crippen LogP contribution in [0.3, 0.4) is 0 Å². The molecule has 1 N–H and O–H groups in total. The normalized spacial score (nSPS) is 16.4. The highest BCUT2D eigenvalue weighted by molar-refractivity contribution is 6.35. The maximum atomic E-state index is 10.7. The van der Waals surface area contributed by atoms with Gasteiger partial charge in [-0.1, -0.05) is 16.8 Å². The molecule has 1 aliphatic rings. The molecule has 2 aromatic heterocycles. The summed E-state index contributed by atoms with van der Waals surface area (Å²) in [6, 6.07) is 5.39. The van der Waals surface area contributed by atoms with Crippen molar-refractivity contribution in [3.63, 3.8) is 0 Å². The van der Waals surface area contributed by atoms with Gasteiger partial charge in [0.15, 0.2) is 12.1 Å². The van der Waals surface area contributed by atoms with E-state index in [0.29, 0.717) is 34.0 Å². The number of hydrogen-bond donors (Lipinski definition) is 1. The summed E-state index contributed by atoms with van der Waals surface area (Å²) in [6.45, 7) is 0. The molecule has 0 radical (unpaired) electrons. The molecular weight excluding hydrogens is 332 g/mol. The van der Waals surface area contributed by atoms with E-state index in [-0.39, 0.29) is 0 Å². The van der Waals surface area contributed by atoms with E-state index in [9.17, 15) is 4.79 Å². The minimum Gasteiger partial charge on any atom is -0.361 e. The van der Waals surface area contributed by atoms with Crippen molar-refractivity contribution >= 4 is 34.6 Å². The Morgan fingerprint density at radius 3 is 2.83 bits per heavy atom. The molecule has 0 aliphatic carbocycles. The molecule has 3 aromatic rings. The van der Waals surface area contributed by atoms with Gasteiger partial charge in [-0.15, -0.1) is 0 Å². The summed E-state index contributed by atoms with van der Waals surface area (Å²) >= 11 is 6.29. The van der Waals surface area contributed by atoms with E-state index in [0.717, 1.165) is 10.9 Å². The number of carbonyl (C=O) groups excluding carboxylic acids is 1. The third-order valence-corrected chi connectivity index (χ3v) is 3.71. The molecule has 118 valence electrons. The number of fused-ring (bicyclic) bond motifs is 1. The molecule has 1 aliphatic heterocycles. The summed E-state index contributed by atoms with van der Waals surface area (Å²) in [6.07, 6.45) is 4.35. The summed E-state index contributed by atoms with van der Waals surface area (Å²) in [5, 5.41) is 7.91. The zero-order chi connectivity index (χ0) is 16.5. The smallest absolute Gasteiger partial charge is 0.254 e. The number of carbonyl (C=O) groups is 1. The second kappa shape index (κ2) is 5.82. The Labute approximate surface area is 140 Å². The number of halogens is 1. The first-order chi connectivity index (χ1) is 11.7. The van der Waals surface area contributed by atoms with Gasteiger partial charge >= 0.3 is 0 Å². The van der Waals surface area contributed by atoms with Crippen molar-refractivity contribution in [2.45, 2.75) is 6.23 Å². The summed E-state index contributed by atoms with van der Waals surface area (Å²) in [7, 11) is 0. The lowest BCUT2D eigenvalue weighted by atomic mass is 10.1. The molecule has 1 atom stereocenters. The lowest BCUT2D eigenvalue weighted by Crippen LogP contribution is -2.31. The largest absolute Gasteiger partial charge is 0.361 e. The quantitative estimate of drug-likeness (QED) is 0.721. The van der Waals surface area contributed by atoms with E-state index in [1.165, 1.54) is 12.7 Å². The lowest BCUT2D eigenvalue weighted by Gasteiger charge is -2.06. The van der Waals surface area contributed by atoms with Gasteiger partial charge in [-0.25, -0.2) is 19.9 Å². The number of hydrogen-bond acceptors (Lipinski definition) is 8. The number of nitrogens with zero attached hydrogens (tertiary/aromatic N) is 5. The molecule has 8 nitrogen and oxygen atoms in total. The fourth-order valence-corrected chi connectivity index (χ4v) is 2.60. The Kier molecular flexibility index (Phi) is 3.51. The van der Waals surface area contributed by atoms with Crippen molar-refractivity contribution < 1.29 is 9.63 Å². The summed E-state index contributed by atoms with van der Waals surface area (Å²) < 4.78 is 0. The predicted octanol–water partition coefficient (Wildman–Crippen LogP) is 1.55. The van der Waals surface area contributed by atoms with Crippen molar-refractivity contribution in [3.05, 3.63) is 47.8 Å². The monoisotopic (exact) mass is 340 g/mol. The first-order valence-corrected chi connectivity index (χ1v) is 7.30. The highest BCUT2D eigenvalue weighted by atomic mass is 35.5. The average molecular weight is 341 g/mol. The Morgan fingerprint density at radius 1 is 1.12 bits per heavy atom. The molecule has 0 spiro atoms. The number of nitrogens with one attached hydrogen (secondary N) is 1. The van der Waals surface area contributed by atoms with Crippen LogP contribution in [0.4, 0.5) is 0 Å². The van der Waals surface area contributed by atoms with Crippen molar-refractivity contribution in [1.82, 2.24) is 25.3 Å². The number of benzene rings is 1. The molecule has 0 bridgehead atoms. The van der Waals surface area contributed by atoms with Crippen molar-refractivity contribution in [2.24, 2.45) is 5.16 Å². The van der Waals surface area contributed by atoms with Gasteiger partial charge in [-0.3, -0.25) is 4.79 Å². The zero-order valence-corrected chi connectivity index (χ0v) is 12.8. The van der Waals surface area contributed by atoms with Gasteiger partial charge in [0.25, 0.3) is 6.23 Å². The van der Waals surface area contributed by atoms with Crippen molar-refractivity contribution in [2.75, 3.05) is 0 Å². The molecule has 0 fully saturated rings. The number of oxime groups is 1. The van der Waals surface area contributed by atoms with E-state index in [4.69, 9.17) is 16.4 Å². The lowest BCUT2D eigenvalue weighted by molar-refractivity contribution is -0.117. The van der Waals surface area contributed by atoms with Gasteiger partial charge in [0.2, 0.25) is 0 Å². The Balaban J connectivity index is 1.75. The van der Waals surface area contributed by atoms with Crippen LogP contribution in [-0.2, 0) is 9.63 Å². The fraction of sp³-hybridized carbons (Fsp3) is 0.0667. The van der Waals surface area contributed by atoms with Gasteiger partial charge in [0.05, 0.1) is 16.2 Å². The molecule has 24 heavy (non-hydrogen) atoms. The maximum absolute atomic E-state index is 10.7. The molecule has 0 amide bonds. The number of rotatable bonds is 3. The number of aromatic nitrogens is 4. The first-order valence-electron chi connectivity index (χ1n) is 6.92. The summed E-state index contributed by atoms with van der Waals surface area (Å²) in [5.41, 5.74) is 2.61. The molecule has 0 saturated carbocycles. The molecular formula is C15H9ClN6O2. The Hall–Kier alpha value is -3.13. The SMILES string of the molecule is O=CC1NC(c2cc(-c3cc(Cl)c4ncncc4c3)ncn2)=NO1. The Bertz CT molecular complexity index is 977. The third kappa shape index (κ3) is 2.52. The molecule has 1 unspecified atom stereocenters. The molecule has 3 heterocycles. The highest BCUT2D eigenvalue weighted by Crippen LogP contribution is 2.28. The second-order valence-corrected chi connectivity index (χ2v) is 5.36. The molecule has 9 heteroatoms. The summed E-state index contributed by atoms with van der Waals surface area (Å²) in [5.74, 6) is 0.367. The highest BCUT2D eigenvalue weighted by Gasteiger charge is 2.21. The van der Waals surface area contributed by atoms with Gasteiger partial charge in [0, 0.05) is 17.1 Å². The average Bonchev–Trinajstić information content (AvgIpc) is 3.11. The van der Waals surface area contributed by atoms with Gasteiger partial charge in [-0.2, -0.15) is 0 Å². The van der Waals surface area contributed by atoms with Crippen LogP contribution in [0.2, 0.25) is 5.02 Å². The van der Waals surface area contributed by atoms with E-state index in [1.807, 2.05) is 6.07 Å². The van der Waals surface area contributed by atoms with Gasteiger partial charge < -0.3 is 10.2 Å². The van der Waals surface area contributed by atoms with E-state index < -0.39 is 6.23 Å². The van der Waals surface area contributed by atoms with Crippen LogP contribution < -0.4 is 5.32 Å². The summed E-state index contributed by atoms with van der Waals surface area (Å²) in [4.78, 5) is 32.2. The van der Waals surface area contributed by atoms with Crippen molar-refractivity contribution in [1.29, 1.82) is 0 Å². The molecule has 0 saturated heterocycles. The van der Waals surface area contributed by atoms with Crippen LogP contribution in [0.1, 0.15) is 5.69 Å². The maximum Gasteiger partial charge on any atom is 0.254 e. The molecule has 4 rings (SSSR count). The van der Waals surface area contributed by atoms with E-state index in [2.05, 4.69) is 30.4 Å². The van der Waals surface area contributed by atoms with Crippen LogP contribution in [0, 0.1) is 0 Å². The van der Waals surface area contributed by atoms with Gasteiger partial charge in [-0.05, 0) is 18.2 Å². The third-order valence-electron chi connectivity index (χ3n) is 3.43. The zero-order valence-electron chi connectivity index (χ0n) is 12.0. The minimum atomic E-state index is -0.800. The van der Waals surface area contributed by atoms with Crippen LogP contribution >= 0.6 is 11.6 Å². The Morgan fingerprint density at radius 2 is 2.00 bits per heavy atom. The number of amidine groups is 1. The fourth-order valence-electron chi connectivity index (χ4n) is 2.33. The van der Waals surface area contributed by atoms with E-state index >= 15 is 0 Å². The first kappa shape index (κ1) is 14.5. The van der Waals surface area contributed by atoms with Crippen LogP contribution in [-0.4, -0.2) is 38.3 Å². The van der Waals surface area contributed by atoms with E-state index in [1.54, 1.807) is 18.3 Å². The second-order valence-electron chi connectivity index (χ2n) is 4.95. The minimum absolute atomic E-state index is 0.367. The van der Waals surface area contributed by atoms with Crippen LogP contribution in [0.5, 0.6) is 0 Å². The van der Waals surface area contributed by atoms with Gasteiger partial charge in [0.1, 0.15) is 18.3 Å². The van der Waals surface area contributed by atoms with Crippen LogP contribution in [0.15, 0.2) is 42.2 Å². The standard InChI is InChI=1S/C15H9ClN6O2/c16-10-2-8(1-9-4-17-6-20-14(9)10)11-3-12(19-7-18-11)15-21-13(5-23)24-22-15/h1-7,13H,(H,21,22). The predicted molar refractivity (Wildman–Crippen MR) is 86.2 cm³/mol. The molecule has 1 aromatic carbocycles. The van der Waals surface area contributed by atoms with Crippen LogP contribution in [0.25, 0.3) is 22.2 Å². The topological polar surface area (TPSA) is 102 Å². The van der Waals surface area contributed by atoms with Crippen molar-refractivity contribution in [3.8, 4) is 11.3 Å². The number of aldehydes is 1.